The Bertz CT molecular complexity index is 571. The van der Waals surface area contributed by atoms with Crippen molar-refractivity contribution < 1.29 is 9.47 Å². The zero-order valence-corrected chi connectivity index (χ0v) is 18.4. The predicted molar refractivity (Wildman–Crippen MR) is 117 cm³/mol. The van der Waals surface area contributed by atoms with E-state index in [0.29, 0.717) is 24.0 Å². The van der Waals surface area contributed by atoms with Gasteiger partial charge in [-0.15, -0.1) is 24.0 Å². The molecular weight excluding hydrogens is 445 g/mol. The normalized spacial score (nSPS) is 16.5. The van der Waals surface area contributed by atoms with Gasteiger partial charge in [-0.2, -0.15) is 0 Å². The second kappa shape index (κ2) is 12.2. The van der Waals surface area contributed by atoms with E-state index in [0.717, 1.165) is 38.3 Å². The van der Waals surface area contributed by atoms with Crippen molar-refractivity contribution in [3.8, 4) is 11.5 Å². The zero-order valence-electron chi connectivity index (χ0n) is 16.0. The number of ether oxygens (including phenoxy) is 2. The van der Waals surface area contributed by atoms with Crippen molar-refractivity contribution in [1.29, 1.82) is 0 Å². The summed E-state index contributed by atoms with van der Waals surface area (Å²) in [6, 6.07) is 5.76. The van der Waals surface area contributed by atoms with Crippen LogP contribution >= 0.6 is 24.0 Å². The second-order valence-corrected chi connectivity index (χ2v) is 6.32. The molecule has 3 N–H and O–H groups in total. The molecule has 0 aromatic heterocycles. The molecule has 0 spiro atoms. The topological polar surface area (TPSA) is 75.4 Å². The van der Waals surface area contributed by atoms with Gasteiger partial charge in [-0.25, -0.2) is 4.99 Å². The molecule has 1 heterocycles. The van der Waals surface area contributed by atoms with Crippen LogP contribution in [0.25, 0.3) is 0 Å². The van der Waals surface area contributed by atoms with E-state index in [1.54, 1.807) is 14.2 Å². The minimum Gasteiger partial charge on any atom is -0.493 e. The first-order valence-electron chi connectivity index (χ1n) is 8.78. The number of hydrogen-bond acceptors (Lipinski definition) is 5. The van der Waals surface area contributed by atoms with E-state index in [1.165, 1.54) is 13.0 Å². The lowest BCUT2D eigenvalue weighted by Gasteiger charge is -2.20. The van der Waals surface area contributed by atoms with Crippen molar-refractivity contribution in [2.75, 3.05) is 60.5 Å². The molecule has 1 aliphatic rings. The van der Waals surface area contributed by atoms with Crippen molar-refractivity contribution in [2.24, 2.45) is 10.7 Å². The maximum Gasteiger partial charge on any atom is 0.188 e. The highest BCUT2D eigenvalue weighted by Gasteiger charge is 2.11. The number of rotatable bonds is 7. The Balaban J connectivity index is 0.00000338. The number of likely N-dealkylation sites (N-methyl/N-ethyl adjacent to an activating group) is 1. The van der Waals surface area contributed by atoms with Crippen molar-refractivity contribution >= 4 is 29.9 Å². The Kier molecular flexibility index (Phi) is 10.7. The van der Waals surface area contributed by atoms with E-state index in [2.05, 4.69) is 27.2 Å². The van der Waals surface area contributed by atoms with Crippen LogP contribution in [-0.4, -0.2) is 76.3 Å². The molecule has 1 fully saturated rings. The van der Waals surface area contributed by atoms with Crippen molar-refractivity contribution in [2.45, 2.75) is 13.0 Å². The summed E-state index contributed by atoms with van der Waals surface area (Å²) in [6.07, 6.45) is 1.22. The number of nitrogens with one attached hydrogen (secondary N) is 1. The van der Waals surface area contributed by atoms with Crippen LogP contribution in [0.1, 0.15) is 12.0 Å². The first-order valence-corrected chi connectivity index (χ1v) is 8.78. The molecule has 1 saturated heterocycles. The van der Waals surface area contributed by atoms with Gasteiger partial charge in [0.15, 0.2) is 17.5 Å². The van der Waals surface area contributed by atoms with Gasteiger partial charge >= 0.3 is 0 Å². The molecule has 0 aliphatic carbocycles. The number of nitrogens with two attached hydrogens (primary N) is 1. The minimum atomic E-state index is 0. The maximum atomic E-state index is 5.97. The number of methoxy groups -OCH3 is 2. The van der Waals surface area contributed by atoms with Crippen LogP contribution in [0, 0.1) is 0 Å². The highest BCUT2D eigenvalue weighted by Crippen LogP contribution is 2.27. The Labute approximate surface area is 173 Å². The van der Waals surface area contributed by atoms with Gasteiger partial charge in [-0.3, -0.25) is 0 Å². The lowest BCUT2D eigenvalue weighted by molar-refractivity contribution is 0.280. The Morgan fingerprint density at radius 2 is 1.92 bits per heavy atom. The molecule has 1 aliphatic heterocycles. The highest BCUT2D eigenvalue weighted by molar-refractivity contribution is 14.0. The predicted octanol–water partition coefficient (Wildman–Crippen LogP) is 1.36. The summed E-state index contributed by atoms with van der Waals surface area (Å²) in [7, 11) is 5.43. The molecule has 1 aromatic rings. The third kappa shape index (κ3) is 7.55. The SMILES string of the molecule is COc1ccc(CN=C(N)NCCN2CCCN(C)CC2)cc1OC.I. The van der Waals surface area contributed by atoms with Gasteiger partial charge in [0.25, 0.3) is 0 Å². The molecule has 0 atom stereocenters. The van der Waals surface area contributed by atoms with Crippen LogP contribution in [0.15, 0.2) is 23.2 Å². The van der Waals surface area contributed by atoms with E-state index in [9.17, 15) is 0 Å². The molecular formula is C18H32IN5O2. The highest BCUT2D eigenvalue weighted by atomic mass is 127. The number of halogens is 1. The quantitative estimate of drug-likeness (QED) is 0.351. The van der Waals surface area contributed by atoms with Gasteiger partial charge in [0.05, 0.1) is 20.8 Å². The van der Waals surface area contributed by atoms with Gasteiger partial charge in [0.1, 0.15) is 0 Å². The molecule has 1 aromatic carbocycles. The summed E-state index contributed by atoms with van der Waals surface area (Å²) in [6.45, 7) is 6.87. The van der Waals surface area contributed by atoms with Gasteiger partial charge < -0.3 is 30.3 Å². The maximum absolute atomic E-state index is 5.97. The van der Waals surface area contributed by atoms with Crippen LogP contribution in [0.2, 0.25) is 0 Å². The summed E-state index contributed by atoms with van der Waals surface area (Å²) in [5.74, 6) is 1.89. The van der Waals surface area contributed by atoms with E-state index in [4.69, 9.17) is 15.2 Å². The molecule has 8 heteroatoms. The van der Waals surface area contributed by atoms with Crippen LogP contribution in [0.4, 0.5) is 0 Å². The Morgan fingerprint density at radius 3 is 2.65 bits per heavy atom. The molecule has 26 heavy (non-hydrogen) atoms. The molecule has 2 rings (SSSR count). The van der Waals surface area contributed by atoms with E-state index >= 15 is 0 Å². The first-order chi connectivity index (χ1) is 12.1. The van der Waals surface area contributed by atoms with Crippen molar-refractivity contribution in [3.63, 3.8) is 0 Å². The lowest BCUT2D eigenvalue weighted by atomic mass is 10.2. The van der Waals surface area contributed by atoms with Gasteiger partial charge in [0, 0.05) is 26.2 Å². The number of aliphatic imine (C=N–C) groups is 1. The smallest absolute Gasteiger partial charge is 0.188 e. The largest absolute Gasteiger partial charge is 0.493 e. The summed E-state index contributed by atoms with van der Waals surface area (Å²) < 4.78 is 10.5. The van der Waals surface area contributed by atoms with E-state index in [1.807, 2.05) is 18.2 Å². The third-order valence-electron chi connectivity index (χ3n) is 4.43. The number of benzene rings is 1. The molecule has 148 valence electrons. The number of nitrogens with zero attached hydrogens (tertiary/aromatic N) is 3. The number of guanidine groups is 1. The molecule has 7 nitrogen and oxygen atoms in total. The first kappa shape index (κ1) is 22.8. The van der Waals surface area contributed by atoms with Crippen LogP contribution in [-0.2, 0) is 6.54 Å². The van der Waals surface area contributed by atoms with Gasteiger partial charge in [-0.05, 0) is 44.3 Å². The summed E-state index contributed by atoms with van der Waals surface area (Å²) in [4.78, 5) is 9.25. The van der Waals surface area contributed by atoms with Gasteiger partial charge in [-0.1, -0.05) is 6.07 Å². The fourth-order valence-electron chi connectivity index (χ4n) is 2.88. The van der Waals surface area contributed by atoms with Crippen LogP contribution in [0.3, 0.4) is 0 Å². The second-order valence-electron chi connectivity index (χ2n) is 6.32. The molecule has 0 amide bonds. The van der Waals surface area contributed by atoms with Crippen molar-refractivity contribution in [3.05, 3.63) is 23.8 Å². The molecule has 0 saturated carbocycles. The molecule has 0 bridgehead atoms. The van der Waals surface area contributed by atoms with E-state index < -0.39 is 0 Å². The minimum absolute atomic E-state index is 0. The number of hydrogen-bond donors (Lipinski definition) is 2. The summed E-state index contributed by atoms with van der Waals surface area (Å²) in [5.41, 5.74) is 7.00. The Hall–Kier alpha value is -1.26. The van der Waals surface area contributed by atoms with Gasteiger partial charge in [0.2, 0.25) is 0 Å². The standard InChI is InChI=1S/C18H31N5O2.HI/c1-22-8-4-9-23(12-11-22)10-7-20-18(19)21-14-15-5-6-16(24-2)17(13-15)25-3;/h5-6,13H,4,7-12,14H2,1-3H3,(H3,19,20,21);1H. The van der Waals surface area contributed by atoms with Crippen LogP contribution in [0.5, 0.6) is 11.5 Å². The molecule has 0 radical (unpaired) electrons. The average Bonchev–Trinajstić information content (AvgIpc) is 2.84. The zero-order chi connectivity index (χ0) is 18.1. The lowest BCUT2D eigenvalue weighted by Crippen LogP contribution is -2.39. The monoisotopic (exact) mass is 477 g/mol. The summed E-state index contributed by atoms with van der Waals surface area (Å²) in [5, 5.41) is 3.20. The third-order valence-corrected chi connectivity index (χ3v) is 4.43. The average molecular weight is 477 g/mol. The fourth-order valence-corrected chi connectivity index (χ4v) is 2.88. The van der Waals surface area contributed by atoms with Crippen molar-refractivity contribution in [1.82, 2.24) is 15.1 Å². The Morgan fingerprint density at radius 1 is 1.15 bits per heavy atom. The fraction of sp³-hybridized carbons (Fsp3) is 0.611. The van der Waals surface area contributed by atoms with Crippen LogP contribution < -0.4 is 20.5 Å². The summed E-state index contributed by atoms with van der Waals surface area (Å²) >= 11 is 0. The molecule has 0 unspecified atom stereocenters. The van der Waals surface area contributed by atoms with E-state index in [-0.39, 0.29) is 24.0 Å².